The van der Waals surface area contributed by atoms with E-state index in [9.17, 15) is 14.7 Å². The van der Waals surface area contributed by atoms with E-state index in [1.807, 2.05) is 53.8 Å². The summed E-state index contributed by atoms with van der Waals surface area (Å²) in [5.74, 6) is -1.70. The zero-order valence-electron chi connectivity index (χ0n) is 16.3. The van der Waals surface area contributed by atoms with Crippen molar-refractivity contribution in [1.29, 1.82) is 0 Å². The van der Waals surface area contributed by atoms with E-state index in [4.69, 9.17) is 0 Å². The van der Waals surface area contributed by atoms with Crippen molar-refractivity contribution in [1.82, 2.24) is 15.1 Å². The van der Waals surface area contributed by atoms with Crippen LogP contribution in [0.5, 0.6) is 0 Å². The van der Waals surface area contributed by atoms with Crippen LogP contribution in [0.1, 0.15) is 46.6 Å². The highest BCUT2D eigenvalue weighted by molar-refractivity contribution is 5.86. The maximum Gasteiger partial charge on any atom is 0.330 e. The minimum Gasteiger partial charge on any atom is -0.479 e. The van der Waals surface area contributed by atoms with Gasteiger partial charge in [0.15, 0.2) is 6.04 Å². The molecular formula is C20H27N3O3. The molecule has 0 saturated heterocycles. The fourth-order valence-corrected chi connectivity index (χ4v) is 3.16. The maximum absolute atomic E-state index is 12.7. The van der Waals surface area contributed by atoms with Gasteiger partial charge in [0.25, 0.3) is 0 Å². The predicted octanol–water partition coefficient (Wildman–Crippen LogP) is 2.77. The monoisotopic (exact) mass is 357 g/mol. The molecule has 2 atom stereocenters. The van der Waals surface area contributed by atoms with E-state index in [0.717, 1.165) is 28.1 Å². The van der Waals surface area contributed by atoms with E-state index in [1.165, 1.54) is 0 Å². The van der Waals surface area contributed by atoms with E-state index in [2.05, 4.69) is 10.4 Å². The molecule has 2 rings (SSSR count). The van der Waals surface area contributed by atoms with Gasteiger partial charge in [0.1, 0.15) is 0 Å². The summed E-state index contributed by atoms with van der Waals surface area (Å²) < 4.78 is 1.80. The number of aryl methyl sites for hydroxylation is 3. The third kappa shape index (κ3) is 3.95. The maximum atomic E-state index is 12.7. The highest BCUT2D eigenvalue weighted by Gasteiger charge is 2.27. The van der Waals surface area contributed by atoms with E-state index >= 15 is 0 Å². The first-order valence-corrected chi connectivity index (χ1v) is 8.71. The number of benzene rings is 1. The highest BCUT2D eigenvalue weighted by atomic mass is 16.4. The molecule has 6 nitrogen and oxygen atoms in total. The molecule has 0 radical (unpaired) electrons. The Morgan fingerprint density at radius 3 is 2.42 bits per heavy atom. The van der Waals surface area contributed by atoms with Crippen molar-refractivity contribution < 1.29 is 14.7 Å². The second kappa shape index (κ2) is 7.72. The van der Waals surface area contributed by atoms with Crippen molar-refractivity contribution in [2.75, 3.05) is 0 Å². The Morgan fingerprint density at radius 1 is 1.23 bits per heavy atom. The Balaban J connectivity index is 2.19. The predicted molar refractivity (Wildman–Crippen MR) is 100.0 cm³/mol. The molecule has 2 N–H and O–H groups in total. The lowest BCUT2D eigenvalue weighted by Gasteiger charge is -2.20. The molecule has 140 valence electrons. The molecule has 1 amide bonds. The molecule has 0 fully saturated rings. The van der Waals surface area contributed by atoms with Crippen LogP contribution in [0.4, 0.5) is 0 Å². The van der Waals surface area contributed by atoms with Crippen LogP contribution in [0, 0.1) is 33.6 Å². The molecule has 26 heavy (non-hydrogen) atoms. The van der Waals surface area contributed by atoms with Gasteiger partial charge in [-0.15, -0.1) is 0 Å². The molecule has 2 aromatic rings. The first-order valence-electron chi connectivity index (χ1n) is 8.71. The van der Waals surface area contributed by atoms with Gasteiger partial charge in [0.05, 0.1) is 5.69 Å². The van der Waals surface area contributed by atoms with Gasteiger partial charge in [-0.1, -0.05) is 25.1 Å². The Labute approximate surface area is 154 Å². The second-order valence-electron chi connectivity index (χ2n) is 6.95. The number of carboxylic acid groups (broad SMARTS) is 1. The minimum absolute atomic E-state index is 0.277. The number of aliphatic carboxylic acids is 1. The van der Waals surface area contributed by atoms with Gasteiger partial charge in [-0.05, 0) is 56.4 Å². The summed E-state index contributed by atoms with van der Waals surface area (Å²) in [6.07, 6.45) is 0.524. The van der Waals surface area contributed by atoms with Crippen molar-refractivity contribution in [3.05, 3.63) is 51.8 Å². The lowest BCUT2D eigenvalue weighted by molar-refractivity contribution is -0.142. The summed E-state index contributed by atoms with van der Waals surface area (Å²) in [5, 5.41) is 16.7. The van der Waals surface area contributed by atoms with Crippen molar-refractivity contribution in [3.8, 4) is 0 Å². The highest BCUT2D eigenvalue weighted by Crippen LogP contribution is 2.22. The first-order chi connectivity index (χ1) is 12.1. The molecule has 6 heteroatoms. The number of carbonyl (C=O) groups excluding carboxylic acids is 1. The Kier molecular flexibility index (Phi) is 5.85. The molecule has 1 aromatic carbocycles. The van der Waals surface area contributed by atoms with E-state index in [1.54, 1.807) is 10.7 Å². The quantitative estimate of drug-likeness (QED) is 0.833. The molecule has 0 spiro atoms. The topological polar surface area (TPSA) is 84.2 Å². The third-order valence-electron chi connectivity index (χ3n) is 5.11. The second-order valence-corrected chi connectivity index (χ2v) is 6.95. The molecule has 1 heterocycles. The standard InChI is InChI=1S/C20H27N3O3/c1-11-8-7-9-16(13(11)3)18(20(25)26)21-19(24)12(2)10-17-14(4)22-23(6)15(17)5/h7-9,12,18H,10H2,1-6H3,(H,21,24)(H,25,26). The Morgan fingerprint density at radius 2 is 1.88 bits per heavy atom. The van der Waals surface area contributed by atoms with Gasteiger partial charge < -0.3 is 10.4 Å². The summed E-state index contributed by atoms with van der Waals surface area (Å²) in [6.45, 7) is 9.50. The van der Waals surface area contributed by atoms with Crippen LogP contribution in [0.2, 0.25) is 0 Å². The van der Waals surface area contributed by atoms with Crippen LogP contribution in [0.3, 0.4) is 0 Å². The Bertz CT molecular complexity index is 839. The van der Waals surface area contributed by atoms with Gasteiger partial charge in [0, 0.05) is 18.7 Å². The fraction of sp³-hybridized carbons (Fsp3) is 0.450. The summed E-state index contributed by atoms with van der Waals surface area (Å²) >= 11 is 0. The molecule has 2 unspecified atom stereocenters. The lowest BCUT2D eigenvalue weighted by atomic mass is 9.95. The van der Waals surface area contributed by atoms with E-state index in [0.29, 0.717) is 12.0 Å². The molecule has 1 aromatic heterocycles. The summed E-state index contributed by atoms with van der Waals surface area (Å²) in [6, 6.07) is 4.43. The van der Waals surface area contributed by atoms with Gasteiger partial charge in [-0.3, -0.25) is 9.48 Å². The normalized spacial score (nSPS) is 13.3. The van der Waals surface area contributed by atoms with Crippen LogP contribution < -0.4 is 5.32 Å². The zero-order chi connectivity index (χ0) is 19.6. The van der Waals surface area contributed by atoms with Crippen LogP contribution in [-0.2, 0) is 23.1 Å². The van der Waals surface area contributed by atoms with Crippen molar-refractivity contribution >= 4 is 11.9 Å². The van der Waals surface area contributed by atoms with Crippen LogP contribution in [0.15, 0.2) is 18.2 Å². The number of rotatable bonds is 6. The van der Waals surface area contributed by atoms with Gasteiger partial charge >= 0.3 is 5.97 Å². The molecule has 0 bridgehead atoms. The third-order valence-corrected chi connectivity index (χ3v) is 5.11. The number of hydrogen-bond acceptors (Lipinski definition) is 3. The molecule has 0 aliphatic heterocycles. The number of carboxylic acids is 1. The first kappa shape index (κ1) is 19.7. The molecule has 0 aliphatic rings. The molecule has 0 saturated carbocycles. The average Bonchev–Trinajstić information content (AvgIpc) is 2.81. The lowest BCUT2D eigenvalue weighted by Crippen LogP contribution is -2.38. The van der Waals surface area contributed by atoms with Gasteiger partial charge in [-0.2, -0.15) is 5.10 Å². The van der Waals surface area contributed by atoms with Crippen LogP contribution in [0.25, 0.3) is 0 Å². The Hall–Kier alpha value is -2.63. The number of amides is 1. The zero-order valence-corrected chi connectivity index (χ0v) is 16.3. The van der Waals surface area contributed by atoms with Gasteiger partial charge in [-0.25, -0.2) is 4.79 Å². The van der Waals surface area contributed by atoms with Crippen LogP contribution >= 0.6 is 0 Å². The van der Waals surface area contributed by atoms with Crippen molar-refractivity contribution in [2.24, 2.45) is 13.0 Å². The SMILES string of the molecule is Cc1cccc(C(NC(=O)C(C)Cc2c(C)nn(C)c2C)C(=O)O)c1C. The summed E-state index contributed by atoms with van der Waals surface area (Å²) in [5.41, 5.74) is 5.45. The largest absolute Gasteiger partial charge is 0.479 e. The fourth-order valence-electron chi connectivity index (χ4n) is 3.16. The molecule has 0 aliphatic carbocycles. The number of aromatic nitrogens is 2. The molecular weight excluding hydrogens is 330 g/mol. The van der Waals surface area contributed by atoms with Crippen molar-refractivity contribution in [2.45, 2.75) is 47.1 Å². The van der Waals surface area contributed by atoms with Crippen molar-refractivity contribution in [3.63, 3.8) is 0 Å². The summed E-state index contributed by atoms with van der Waals surface area (Å²) in [4.78, 5) is 24.4. The summed E-state index contributed by atoms with van der Waals surface area (Å²) in [7, 11) is 1.87. The van der Waals surface area contributed by atoms with Gasteiger partial charge in [0.2, 0.25) is 5.91 Å². The number of hydrogen-bond donors (Lipinski definition) is 2. The van der Waals surface area contributed by atoms with E-state index < -0.39 is 12.0 Å². The number of nitrogens with zero attached hydrogens (tertiary/aromatic N) is 2. The number of carbonyl (C=O) groups is 2. The smallest absolute Gasteiger partial charge is 0.330 e. The minimum atomic E-state index is -1.06. The van der Waals surface area contributed by atoms with Crippen LogP contribution in [-0.4, -0.2) is 26.8 Å². The number of nitrogens with one attached hydrogen (secondary N) is 1. The average molecular weight is 357 g/mol. The van der Waals surface area contributed by atoms with E-state index in [-0.39, 0.29) is 11.8 Å².